The molecule has 1 unspecified atom stereocenters. The third-order valence-electron chi connectivity index (χ3n) is 4.45. The second-order valence-corrected chi connectivity index (χ2v) is 6.92. The molecule has 1 aromatic heterocycles. The second kappa shape index (κ2) is 7.09. The normalized spacial score (nSPS) is 17.5. The zero-order valence-corrected chi connectivity index (χ0v) is 14.5. The average molecular weight is 342 g/mol. The van der Waals surface area contributed by atoms with Crippen LogP contribution >= 0.6 is 0 Å². The lowest BCUT2D eigenvalue weighted by atomic mass is 10.1. The molecule has 0 aliphatic carbocycles. The van der Waals surface area contributed by atoms with E-state index >= 15 is 0 Å². The van der Waals surface area contributed by atoms with Gasteiger partial charge in [0.05, 0.1) is 5.92 Å². The molecule has 6 heteroatoms. The summed E-state index contributed by atoms with van der Waals surface area (Å²) in [6, 6.07) is 8.10. The van der Waals surface area contributed by atoms with Crippen LogP contribution in [-0.4, -0.2) is 29.8 Å². The Hall–Kier alpha value is -2.63. The van der Waals surface area contributed by atoms with Gasteiger partial charge < -0.3 is 14.6 Å². The minimum Gasteiger partial charge on any atom is -0.423 e. The minimum atomic E-state index is -0.407. The van der Waals surface area contributed by atoms with Gasteiger partial charge in [-0.3, -0.25) is 9.59 Å². The summed E-state index contributed by atoms with van der Waals surface area (Å²) in [4.78, 5) is 37.5. The number of fused-ring (bicyclic) bond motifs is 1. The highest BCUT2D eigenvalue weighted by Crippen LogP contribution is 2.22. The molecule has 0 radical (unpaired) electrons. The number of carbonyl (C=O) groups excluding carboxylic acids is 2. The number of anilines is 1. The third-order valence-corrected chi connectivity index (χ3v) is 4.45. The van der Waals surface area contributed by atoms with Crippen molar-refractivity contribution in [2.75, 3.05) is 18.4 Å². The summed E-state index contributed by atoms with van der Waals surface area (Å²) in [7, 11) is 0. The van der Waals surface area contributed by atoms with Gasteiger partial charge in [-0.15, -0.1) is 0 Å². The molecule has 1 aliphatic heterocycles. The molecule has 2 amide bonds. The summed E-state index contributed by atoms with van der Waals surface area (Å²) >= 11 is 0. The van der Waals surface area contributed by atoms with Crippen LogP contribution in [0.3, 0.4) is 0 Å². The van der Waals surface area contributed by atoms with E-state index < -0.39 is 5.63 Å². The maximum atomic E-state index is 12.5. The summed E-state index contributed by atoms with van der Waals surface area (Å²) in [5, 5.41) is 3.59. The zero-order chi connectivity index (χ0) is 18.0. The van der Waals surface area contributed by atoms with Crippen LogP contribution in [0.15, 0.2) is 39.5 Å². The highest BCUT2D eigenvalue weighted by Gasteiger charge is 2.34. The summed E-state index contributed by atoms with van der Waals surface area (Å²) < 4.78 is 5.08. The highest BCUT2D eigenvalue weighted by molar-refractivity contribution is 5.98. The fourth-order valence-corrected chi connectivity index (χ4v) is 2.97. The first-order valence-corrected chi connectivity index (χ1v) is 8.55. The molecule has 3 rings (SSSR count). The molecule has 0 bridgehead atoms. The molecular formula is C19H22N2O4. The van der Waals surface area contributed by atoms with Crippen LogP contribution in [0, 0.1) is 11.8 Å². The molecular weight excluding hydrogens is 320 g/mol. The van der Waals surface area contributed by atoms with Gasteiger partial charge in [0.15, 0.2) is 0 Å². The molecule has 2 aromatic rings. The number of hydrogen-bond acceptors (Lipinski definition) is 4. The third kappa shape index (κ3) is 4.07. The van der Waals surface area contributed by atoms with Crippen LogP contribution in [0.25, 0.3) is 11.0 Å². The standard InChI is InChI=1S/C19H22N2O4/c1-12(2)7-8-21-11-14(10-17(21)22)19(24)20-15-4-5-16-13(9-15)3-6-18(23)25-16/h3-6,9,12,14H,7-8,10-11H2,1-2H3,(H,20,24). The van der Waals surface area contributed by atoms with Gasteiger partial charge in [0.25, 0.3) is 0 Å². The smallest absolute Gasteiger partial charge is 0.336 e. The zero-order valence-electron chi connectivity index (χ0n) is 14.5. The van der Waals surface area contributed by atoms with Gasteiger partial charge in [-0.25, -0.2) is 4.79 Å². The number of carbonyl (C=O) groups is 2. The average Bonchev–Trinajstić information content (AvgIpc) is 2.94. The van der Waals surface area contributed by atoms with E-state index in [-0.39, 0.29) is 24.2 Å². The van der Waals surface area contributed by atoms with Gasteiger partial charge in [0, 0.05) is 36.7 Å². The number of nitrogens with one attached hydrogen (secondary N) is 1. The second-order valence-electron chi connectivity index (χ2n) is 6.92. The number of likely N-dealkylation sites (tertiary alicyclic amines) is 1. The minimum absolute atomic E-state index is 0.0427. The molecule has 1 N–H and O–H groups in total. The first kappa shape index (κ1) is 17.2. The molecule has 2 heterocycles. The van der Waals surface area contributed by atoms with Crippen molar-refractivity contribution in [1.29, 1.82) is 0 Å². The van der Waals surface area contributed by atoms with Crippen molar-refractivity contribution < 1.29 is 14.0 Å². The van der Waals surface area contributed by atoms with E-state index in [9.17, 15) is 14.4 Å². The van der Waals surface area contributed by atoms with Crippen molar-refractivity contribution in [2.45, 2.75) is 26.7 Å². The Labute approximate surface area is 145 Å². The van der Waals surface area contributed by atoms with Crippen LogP contribution in [0.4, 0.5) is 5.69 Å². The van der Waals surface area contributed by atoms with Crippen molar-refractivity contribution in [3.63, 3.8) is 0 Å². The number of benzene rings is 1. The van der Waals surface area contributed by atoms with Gasteiger partial charge in [-0.05, 0) is 36.6 Å². The lowest BCUT2D eigenvalue weighted by Gasteiger charge is -2.17. The highest BCUT2D eigenvalue weighted by atomic mass is 16.4. The quantitative estimate of drug-likeness (QED) is 0.847. The Morgan fingerprint density at radius 2 is 2.08 bits per heavy atom. The molecule has 0 saturated carbocycles. The van der Waals surface area contributed by atoms with E-state index in [1.165, 1.54) is 6.07 Å². The van der Waals surface area contributed by atoms with Gasteiger partial charge in [0.1, 0.15) is 5.58 Å². The molecule has 132 valence electrons. The predicted octanol–water partition coefficient (Wildman–Crippen LogP) is 2.63. The Kier molecular flexibility index (Phi) is 4.88. The monoisotopic (exact) mass is 342 g/mol. The van der Waals surface area contributed by atoms with Gasteiger partial charge in [0.2, 0.25) is 11.8 Å². The predicted molar refractivity (Wildman–Crippen MR) is 95.3 cm³/mol. The molecule has 1 saturated heterocycles. The van der Waals surface area contributed by atoms with E-state index in [0.717, 1.165) is 11.8 Å². The van der Waals surface area contributed by atoms with Crippen LogP contribution in [0.1, 0.15) is 26.7 Å². The molecule has 25 heavy (non-hydrogen) atoms. The maximum Gasteiger partial charge on any atom is 0.336 e. The van der Waals surface area contributed by atoms with E-state index in [0.29, 0.717) is 30.3 Å². The van der Waals surface area contributed by atoms with Crippen molar-refractivity contribution in [3.05, 3.63) is 40.8 Å². The first-order valence-electron chi connectivity index (χ1n) is 8.55. The molecule has 6 nitrogen and oxygen atoms in total. The van der Waals surface area contributed by atoms with E-state index in [4.69, 9.17) is 4.42 Å². The van der Waals surface area contributed by atoms with Gasteiger partial charge in [-0.2, -0.15) is 0 Å². The van der Waals surface area contributed by atoms with E-state index in [2.05, 4.69) is 19.2 Å². The molecule has 1 aromatic carbocycles. The Morgan fingerprint density at radius 1 is 1.28 bits per heavy atom. The fourth-order valence-electron chi connectivity index (χ4n) is 2.97. The Bertz CT molecular complexity index is 856. The summed E-state index contributed by atoms with van der Waals surface area (Å²) in [6.07, 6.45) is 1.20. The summed E-state index contributed by atoms with van der Waals surface area (Å²) in [5.74, 6) is 0.0839. The van der Waals surface area contributed by atoms with Crippen LogP contribution in [0.2, 0.25) is 0 Å². The Morgan fingerprint density at radius 3 is 2.84 bits per heavy atom. The largest absolute Gasteiger partial charge is 0.423 e. The topological polar surface area (TPSA) is 79.6 Å². The first-order chi connectivity index (χ1) is 11.9. The van der Waals surface area contributed by atoms with Gasteiger partial charge >= 0.3 is 5.63 Å². The lowest BCUT2D eigenvalue weighted by Crippen LogP contribution is -2.29. The van der Waals surface area contributed by atoms with Crippen molar-refractivity contribution in [1.82, 2.24) is 4.90 Å². The summed E-state index contributed by atoms with van der Waals surface area (Å²) in [5.41, 5.74) is 0.691. The van der Waals surface area contributed by atoms with Gasteiger partial charge in [-0.1, -0.05) is 13.8 Å². The van der Waals surface area contributed by atoms with E-state index in [1.807, 2.05) is 0 Å². The van der Waals surface area contributed by atoms with Crippen molar-refractivity contribution in [2.24, 2.45) is 11.8 Å². The molecule has 1 aliphatic rings. The Balaban J connectivity index is 1.65. The van der Waals surface area contributed by atoms with Crippen molar-refractivity contribution in [3.8, 4) is 0 Å². The lowest BCUT2D eigenvalue weighted by molar-refractivity contribution is -0.128. The SMILES string of the molecule is CC(C)CCN1CC(C(=O)Nc2ccc3oc(=O)ccc3c2)CC1=O. The van der Waals surface area contributed by atoms with Crippen LogP contribution in [-0.2, 0) is 9.59 Å². The number of amides is 2. The molecule has 1 atom stereocenters. The van der Waals surface area contributed by atoms with Crippen LogP contribution in [0.5, 0.6) is 0 Å². The number of nitrogens with zero attached hydrogens (tertiary/aromatic N) is 1. The van der Waals surface area contributed by atoms with Crippen LogP contribution < -0.4 is 10.9 Å². The molecule has 0 spiro atoms. The fraction of sp³-hybridized carbons (Fsp3) is 0.421. The molecule has 1 fully saturated rings. The number of hydrogen-bond donors (Lipinski definition) is 1. The van der Waals surface area contributed by atoms with E-state index in [1.54, 1.807) is 29.2 Å². The maximum absolute atomic E-state index is 12.5. The number of rotatable bonds is 5. The van der Waals surface area contributed by atoms with Crippen molar-refractivity contribution >= 4 is 28.5 Å². The summed E-state index contributed by atoms with van der Waals surface area (Å²) in [6.45, 7) is 5.41.